The summed E-state index contributed by atoms with van der Waals surface area (Å²) >= 11 is 0. The Morgan fingerprint density at radius 2 is 1.35 bits per heavy atom. The molecule has 1 rings (SSSR count). The molecule has 1 aliphatic heterocycles. The van der Waals surface area contributed by atoms with Crippen LogP contribution in [0.4, 0.5) is 0 Å². The molecule has 1 heterocycles. The van der Waals surface area contributed by atoms with Gasteiger partial charge in [0.25, 0.3) is 0 Å². The van der Waals surface area contributed by atoms with Crippen molar-refractivity contribution in [2.45, 2.75) is 129 Å². The van der Waals surface area contributed by atoms with Gasteiger partial charge in [0.05, 0.1) is 18.3 Å². The minimum atomic E-state index is -2.55. The quantitative estimate of drug-likeness (QED) is 0.639. The maximum Gasteiger partial charge on any atom is 0.349 e. The number of hydrogen-bond donors (Lipinski definition) is 2. The van der Waals surface area contributed by atoms with E-state index in [0.717, 1.165) is 12.8 Å². The van der Waals surface area contributed by atoms with Crippen LogP contribution < -0.4 is 0 Å². The zero-order chi connectivity index (χ0) is 20.6. The van der Waals surface area contributed by atoms with E-state index in [9.17, 15) is 10.2 Å². The Balaban J connectivity index is 2.99. The van der Waals surface area contributed by atoms with Gasteiger partial charge in [0.15, 0.2) is 0 Å². The molecule has 0 saturated carbocycles. The van der Waals surface area contributed by atoms with E-state index in [1.54, 1.807) is 0 Å². The Labute approximate surface area is 162 Å². The SMILES string of the molecule is CC[C@@H]1C[C@H](C[C@@H](O)C[C@H](O)C(C)(C)C)O[Si](C(C)(C)C)(C(C)(C)C)O1. The first-order chi connectivity index (χ1) is 11.5. The minimum absolute atomic E-state index is 0.0130. The second-order valence-corrected chi connectivity index (χ2v) is 16.0. The fourth-order valence-corrected chi connectivity index (χ4v) is 9.24. The van der Waals surface area contributed by atoms with E-state index in [4.69, 9.17) is 8.85 Å². The first-order valence-corrected chi connectivity index (χ1v) is 12.1. The van der Waals surface area contributed by atoms with Gasteiger partial charge >= 0.3 is 8.56 Å². The summed E-state index contributed by atoms with van der Waals surface area (Å²) in [6.07, 6.45) is 1.82. The predicted molar refractivity (Wildman–Crippen MR) is 111 cm³/mol. The van der Waals surface area contributed by atoms with E-state index >= 15 is 0 Å². The van der Waals surface area contributed by atoms with Crippen LogP contribution in [0.5, 0.6) is 0 Å². The molecule has 0 amide bonds. The van der Waals surface area contributed by atoms with Crippen molar-refractivity contribution in [3.05, 3.63) is 0 Å². The topological polar surface area (TPSA) is 58.9 Å². The fourth-order valence-electron chi connectivity index (χ4n) is 4.12. The summed E-state index contributed by atoms with van der Waals surface area (Å²) in [5.41, 5.74) is -0.223. The van der Waals surface area contributed by atoms with Gasteiger partial charge in [-0.3, -0.25) is 0 Å². The van der Waals surface area contributed by atoms with Crippen molar-refractivity contribution in [2.75, 3.05) is 0 Å². The molecule has 0 aromatic carbocycles. The maximum absolute atomic E-state index is 10.6. The molecule has 2 N–H and O–H groups in total. The second-order valence-electron chi connectivity index (χ2n) is 11.2. The standard InChI is InChI=1S/C21H44O4Si/c1-11-16-14-17(12-15(22)13-18(23)19(2,3)4)25-26(24-16,20(5,6)7)21(8,9)10/h15-18,22-23H,11-14H2,1-10H3/t15-,16-,17+,18+/m1/s1. The number of rotatable bonds is 5. The molecule has 0 aliphatic carbocycles. The van der Waals surface area contributed by atoms with Crippen molar-refractivity contribution in [2.24, 2.45) is 5.41 Å². The van der Waals surface area contributed by atoms with Crippen molar-refractivity contribution in [3.8, 4) is 0 Å². The zero-order valence-corrected chi connectivity index (χ0v) is 19.8. The average molecular weight is 389 g/mol. The highest BCUT2D eigenvalue weighted by atomic mass is 28.4. The molecule has 5 heteroatoms. The molecular weight excluding hydrogens is 344 g/mol. The van der Waals surface area contributed by atoms with E-state index in [0.29, 0.717) is 12.8 Å². The Kier molecular flexibility index (Phi) is 7.60. The molecule has 1 fully saturated rings. The summed E-state index contributed by atoms with van der Waals surface area (Å²) in [7, 11) is -2.55. The van der Waals surface area contributed by atoms with Crippen molar-refractivity contribution in [1.29, 1.82) is 0 Å². The van der Waals surface area contributed by atoms with Crippen LogP contribution in [-0.4, -0.2) is 43.2 Å². The molecule has 0 bridgehead atoms. The average Bonchev–Trinajstić information content (AvgIpc) is 2.43. The van der Waals surface area contributed by atoms with Gasteiger partial charge in [-0.05, 0) is 31.1 Å². The van der Waals surface area contributed by atoms with Gasteiger partial charge in [-0.25, -0.2) is 0 Å². The number of aliphatic hydroxyl groups excluding tert-OH is 2. The second kappa shape index (κ2) is 8.20. The lowest BCUT2D eigenvalue weighted by Crippen LogP contribution is -2.63. The predicted octanol–water partition coefficient (Wildman–Crippen LogP) is 5.16. The highest BCUT2D eigenvalue weighted by Gasteiger charge is 2.61. The van der Waals surface area contributed by atoms with Gasteiger partial charge in [-0.2, -0.15) is 0 Å². The summed E-state index contributed by atoms with van der Waals surface area (Å²) in [4.78, 5) is 0. The van der Waals surface area contributed by atoms with Gasteiger partial charge in [-0.15, -0.1) is 0 Å². The normalized spacial score (nSPS) is 27.2. The van der Waals surface area contributed by atoms with Crippen LogP contribution in [0.1, 0.15) is 94.9 Å². The molecule has 26 heavy (non-hydrogen) atoms. The lowest BCUT2D eigenvalue weighted by atomic mass is 9.85. The minimum Gasteiger partial charge on any atom is -0.393 e. The van der Waals surface area contributed by atoms with E-state index < -0.39 is 20.8 Å². The summed E-state index contributed by atoms with van der Waals surface area (Å²) < 4.78 is 13.4. The Morgan fingerprint density at radius 1 is 0.885 bits per heavy atom. The van der Waals surface area contributed by atoms with Crippen LogP contribution in [0, 0.1) is 5.41 Å². The molecule has 0 aromatic rings. The van der Waals surface area contributed by atoms with Crippen LogP contribution in [0.3, 0.4) is 0 Å². The number of hydrogen-bond acceptors (Lipinski definition) is 4. The lowest BCUT2D eigenvalue weighted by molar-refractivity contribution is -0.0527. The Hall–Kier alpha value is 0.0569. The smallest absolute Gasteiger partial charge is 0.349 e. The lowest BCUT2D eigenvalue weighted by Gasteiger charge is -2.55. The summed E-state index contributed by atoms with van der Waals surface area (Å²) in [5, 5.41) is 20.8. The third kappa shape index (κ3) is 5.54. The van der Waals surface area contributed by atoms with E-state index in [-0.39, 0.29) is 27.7 Å². The van der Waals surface area contributed by atoms with Gasteiger partial charge in [0.2, 0.25) is 0 Å². The molecule has 1 saturated heterocycles. The molecule has 0 unspecified atom stereocenters. The Morgan fingerprint density at radius 3 is 1.73 bits per heavy atom. The monoisotopic (exact) mass is 388 g/mol. The third-order valence-electron chi connectivity index (χ3n) is 5.65. The molecular formula is C21H44O4Si. The van der Waals surface area contributed by atoms with Crippen molar-refractivity contribution >= 4 is 8.56 Å². The summed E-state index contributed by atoms with van der Waals surface area (Å²) in [6.45, 7) is 21.5. The highest BCUT2D eigenvalue weighted by molar-refractivity contribution is 6.73. The molecule has 0 aromatic heterocycles. The van der Waals surface area contributed by atoms with Gasteiger partial charge in [0, 0.05) is 16.2 Å². The summed E-state index contributed by atoms with van der Waals surface area (Å²) in [6, 6.07) is 0. The molecule has 0 spiro atoms. The van der Waals surface area contributed by atoms with Gasteiger partial charge in [-0.1, -0.05) is 69.2 Å². The van der Waals surface area contributed by atoms with Crippen LogP contribution >= 0.6 is 0 Å². The molecule has 156 valence electrons. The van der Waals surface area contributed by atoms with Crippen LogP contribution in [0.15, 0.2) is 0 Å². The van der Waals surface area contributed by atoms with Crippen LogP contribution in [-0.2, 0) is 8.85 Å². The van der Waals surface area contributed by atoms with E-state index in [1.165, 1.54) is 0 Å². The molecule has 4 nitrogen and oxygen atoms in total. The van der Waals surface area contributed by atoms with Crippen molar-refractivity contribution < 1.29 is 19.1 Å². The molecule has 4 atom stereocenters. The van der Waals surface area contributed by atoms with Crippen LogP contribution in [0.25, 0.3) is 0 Å². The van der Waals surface area contributed by atoms with Crippen LogP contribution in [0.2, 0.25) is 10.1 Å². The zero-order valence-electron chi connectivity index (χ0n) is 18.8. The third-order valence-corrected chi connectivity index (χ3v) is 10.9. The highest BCUT2D eigenvalue weighted by Crippen LogP contribution is 2.55. The Bertz CT molecular complexity index is 430. The van der Waals surface area contributed by atoms with Crippen molar-refractivity contribution in [3.63, 3.8) is 0 Å². The van der Waals surface area contributed by atoms with Gasteiger partial charge < -0.3 is 19.1 Å². The van der Waals surface area contributed by atoms with E-state index in [1.807, 2.05) is 20.8 Å². The maximum atomic E-state index is 10.6. The van der Waals surface area contributed by atoms with Gasteiger partial charge in [0.1, 0.15) is 0 Å². The first kappa shape index (κ1) is 24.1. The van der Waals surface area contributed by atoms with Crippen molar-refractivity contribution in [1.82, 2.24) is 0 Å². The summed E-state index contributed by atoms with van der Waals surface area (Å²) in [5.74, 6) is 0. The fraction of sp³-hybridized carbons (Fsp3) is 1.00. The molecule has 0 radical (unpaired) electrons. The number of aliphatic hydroxyl groups is 2. The van der Waals surface area contributed by atoms with E-state index in [2.05, 4.69) is 48.5 Å². The first-order valence-electron chi connectivity index (χ1n) is 10.2. The largest absolute Gasteiger partial charge is 0.393 e. The molecule has 1 aliphatic rings.